The molecule has 14 nitrogen and oxygen atoms in total. The number of hydrogen-bond acceptors (Lipinski definition) is 13. The molecular formula is C54H103NO13. The number of ether oxygens (including phenoxy) is 4. The van der Waals surface area contributed by atoms with Crippen molar-refractivity contribution in [1.82, 2.24) is 5.32 Å². The van der Waals surface area contributed by atoms with Gasteiger partial charge in [0, 0.05) is 6.42 Å². The lowest BCUT2D eigenvalue weighted by Gasteiger charge is -2.46. The van der Waals surface area contributed by atoms with Crippen molar-refractivity contribution in [3.63, 3.8) is 0 Å². The highest BCUT2D eigenvalue weighted by molar-refractivity contribution is 5.76. The molecule has 0 bridgehead atoms. The molecule has 0 aromatic carbocycles. The molecule has 0 unspecified atom stereocenters. The van der Waals surface area contributed by atoms with Gasteiger partial charge in [0.2, 0.25) is 5.91 Å². The average Bonchev–Trinajstić information content (AvgIpc) is 3.34. The Morgan fingerprint density at radius 1 is 0.515 bits per heavy atom. The largest absolute Gasteiger partial charge is 0.394 e. The molecular weight excluding hydrogens is 871 g/mol. The minimum absolute atomic E-state index is 0.236. The van der Waals surface area contributed by atoms with Gasteiger partial charge in [0.05, 0.1) is 32.0 Å². The first-order valence-electron chi connectivity index (χ1n) is 27.9. The van der Waals surface area contributed by atoms with Crippen LogP contribution >= 0.6 is 0 Å². The smallest absolute Gasteiger partial charge is 0.220 e. The fraction of sp³-hybridized carbons (Fsp3) is 0.944. The number of unbranched alkanes of at least 4 members (excludes halogenated alkanes) is 31. The molecule has 9 N–H and O–H groups in total. The van der Waals surface area contributed by atoms with Crippen molar-refractivity contribution in [3.8, 4) is 0 Å². The van der Waals surface area contributed by atoms with Crippen LogP contribution in [0.3, 0.4) is 0 Å². The van der Waals surface area contributed by atoms with Crippen LogP contribution in [-0.4, -0.2) is 140 Å². The molecule has 0 radical (unpaired) electrons. The van der Waals surface area contributed by atoms with Gasteiger partial charge in [-0.3, -0.25) is 4.79 Å². The Kier molecular flexibility index (Phi) is 38.1. The lowest BCUT2D eigenvalue weighted by molar-refractivity contribution is -0.359. The summed E-state index contributed by atoms with van der Waals surface area (Å²) in [7, 11) is 0. The van der Waals surface area contributed by atoms with Gasteiger partial charge >= 0.3 is 0 Å². The van der Waals surface area contributed by atoms with Crippen LogP contribution in [0.1, 0.15) is 232 Å². The molecule has 2 fully saturated rings. The van der Waals surface area contributed by atoms with Gasteiger partial charge in [-0.15, -0.1) is 0 Å². The predicted molar refractivity (Wildman–Crippen MR) is 268 cm³/mol. The van der Waals surface area contributed by atoms with Gasteiger partial charge in [-0.1, -0.05) is 219 Å². The van der Waals surface area contributed by atoms with Gasteiger partial charge in [-0.25, -0.2) is 0 Å². The van der Waals surface area contributed by atoms with E-state index in [-0.39, 0.29) is 18.9 Å². The van der Waals surface area contributed by atoms with Crippen LogP contribution in [-0.2, 0) is 23.7 Å². The highest BCUT2D eigenvalue weighted by atomic mass is 16.7. The third-order valence-electron chi connectivity index (χ3n) is 14.0. The molecule has 1 amide bonds. The first-order valence-corrected chi connectivity index (χ1v) is 27.9. The lowest BCUT2D eigenvalue weighted by Crippen LogP contribution is -2.65. The number of carbonyl (C=O) groups excluding carboxylic acids is 1. The van der Waals surface area contributed by atoms with Crippen LogP contribution in [0, 0.1) is 0 Å². The Balaban J connectivity index is 1.77. The molecule has 2 aliphatic rings. The Morgan fingerprint density at radius 2 is 0.912 bits per heavy atom. The second-order valence-electron chi connectivity index (χ2n) is 20.1. The molecule has 2 aliphatic heterocycles. The van der Waals surface area contributed by atoms with Gasteiger partial charge in [-0.05, 0) is 19.3 Å². The number of aliphatic hydroxyl groups is 8. The minimum Gasteiger partial charge on any atom is -0.394 e. The Morgan fingerprint density at radius 3 is 1.35 bits per heavy atom. The molecule has 0 spiro atoms. The lowest BCUT2D eigenvalue weighted by atomic mass is 9.97. The molecule has 2 heterocycles. The molecule has 0 saturated carbocycles. The van der Waals surface area contributed by atoms with Gasteiger partial charge in [0.25, 0.3) is 0 Å². The van der Waals surface area contributed by atoms with Crippen molar-refractivity contribution in [2.24, 2.45) is 0 Å². The summed E-state index contributed by atoms with van der Waals surface area (Å²) in [6, 6.07) is -0.908. The van der Waals surface area contributed by atoms with E-state index in [4.69, 9.17) is 18.9 Å². The standard InChI is InChI=1S/C54H103NO13/c1-3-5-7-9-11-13-15-17-18-19-20-21-22-23-24-26-28-30-32-34-36-38-46(59)55-42(43(58)37-35-33-31-29-27-25-16-14-12-10-8-6-4-2)41-65-53-51(64)49(62)52(45(40-57)67-53)68-54-50(63)48(61)47(60)44(39-56)66-54/h35,37,42-45,47-54,56-58,60-64H,3-34,36,38-41H2,1-2H3,(H,55,59)/t42-,43+,44+,45+,47-,48-,49+,50+,51+,52+,53+,54-/m0/s1. The van der Waals surface area contributed by atoms with Crippen molar-refractivity contribution >= 4 is 5.91 Å². The monoisotopic (exact) mass is 974 g/mol. The van der Waals surface area contributed by atoms with Gasteiger partial charge in [0.1, 0.15) is 48.8 Å². The van der Waals surface area contributed by atoms with E-state index in [2.05, 4.69) is 19.2 Å². The summed E-state index contributed by atoms with van der Waals surface area (Å²) in [5, 5.41) is 86.9. The van der Waals surface area contributed by atoms with E-state index in [0.717, 1.165) is 38.5 Å². The molecule has 2 saturated heterocycles. The van der Waals surface area contributed by atoms with Crippen molar-refractivity contribution in [3.05, 3.63) is 12.2 Å². The molecule has 0 aromatic heterocycles. The van der Waals surface area contributed by atoms with Gasteiger partial charge in [-0.2, -0.15) is 0 Å². The number of aliphatic hydroxyl groups excluding tert-OH is 8. The fourth-order valence-electron chi connectivity index (χ4n) is 9.41. The van der Waals surface area contributed by atoms with Crippen molar-refractivity contribution in [2.75, 3.05) is 19.8 Å². The fourth-order valence-corrected chi connectivity index (χ4v) is 9.41. The summed E-state index contributed by atoms with van der Waals surface area (Å²) in [5.74, 6) is -0.236. The van der Waals surface area contributed by atoms with E-state index in [9.17, 15) is 45.6 Å². The van der Waals surface area contributed by atoms with E-state index < -0.39 is 86.8 Å². The number of allylic oxidation sites excluding steroid dienone is 1. The molecule has 68 heavy (non-hydrogen) atoms. The third-order valence-corrected chi connectivity index (χ3v) is 14.0. The Hall–Kier alpha value is -1.27. The zero-order valence-electron chi connectivity index (χ0n) is 42.9. The van der Waals surface area contributed by atoms with Crippen LogP contribution < -0.4 is 5.32 Å². The van der Waals surface area contributed by atoms with Crippen LogP contribution in [0.15, 0.2) is 12.2 Å². The SMILES string of the molecule is CCCCCCCCCCCCCC=C[C@@H](O)[C@H](CO[C@@H]1O[C@H](CO)[C@@H](O[C@@H]2O[C@H](CO)[C@H](O)[C@H](O)[C@H]2O)[C@H](O)[C@H]1O)NC(=O)CCCCCCCCCCCCCCCCCCCCCCC. The Bertz CT molecular complexity index is 1200. The van der Waals surface area contributed by atoms with Crippen LogP contribution in [0.25, 0.3) is 0 Å². The van der Waals surface area contributed by atoms with E-state index >= 15 is 0 Å². The number of amides is 1. The highest BCUT2D eigenvalue weighted by Gasteiger charge is 2.51. The molecule has 14 heteroatoms. The summed E-state index contributed by atoms with van der Waals surface area (Å²) in [4.78, 5) is 13.2. The summed E-state index contributed by atoms with van der Waals surface area (Å²) >= 11 is 0. The number of carbonyl (C=O) groups is 1. The molecule has 0 aliphatic carbocycles. The normalized spacial score (nSPS) is 26.4. The van der Waals surface area contributed by atoms with E-state index in [1.165, 1.54) is 167 Å². The summed E-state index contributed by atoms with van der Waals surface area (Å²) in [6.07, 6.45) is 28.2. The first-order chi connectivity index (χ1) is 33.1. The molecule has 402 valence electrons. The average molecular weight is 974 g/mol. The number of hydrogen-bond donors (Lipinski definition) is 9. The topological polar surface area (TPSA) is 228 Å². The van der Waals surface area contributed by atoms with Gasteiger partial charge in [0.15, 0.2) is 12.6 Å². The quantitative estimate of drug-likeness (QED) is 0.0207. The van der Waals surface area contributed by atoms with Crippen molar-refractivity contribution in [1.29, 1.82) is 0 Å². The third kappa shape index (κ3) is 27.5. The minimum atomic E-state index is -1.78. The van der Waals surface area contributed by atoms with Crippen molar-refractivity contribution in [2.45, 2.75) is 306 Å². The second kappa shape index (κ2) is 41.2. The maximum Gasteiger partial charge on any atom is 0.220 e. The van der Waals surface area contributed by atoms with Gasteiger partial charge < -0.3 is 65.1 Å². The van der Waals surface area contributed by atoms with Crippen LogP contribution in [0.5, 0.6) is 0 Å². The highest BCUT2D eigenvalue weighted by Crippen LogP contribution is 2.30. The summed E-state index contributed by atoms with van der Waals surface area (Å²) in [5.41, 5.74) is 0. The maximum atomic E-state index is 13.2. The van der Waals surface area contributed by atoms with E-state index in [1.807, 2.05) is 6.08 Å². The summed E-state index contributed by atoms with van der Waals surface area (Å²) in [6.45, 7) is 2.81. The van der Waals surface area contributed by atoms with Crippen molar-refractivity contribution < 1.29 is 64.6 Å². The number of nitrogens with one attached hydrogen (secondary N) is 1. The maximum absolute atomic E-state index is 13.2. The first kappa shape index (κ1) is 62.8. The second-order valence-corrected chi connectivity index (χ2v) is 20.1. The zero-order chi connectivity index (χ0) is 49.6. The Labute approximate surface area is 412 Å². The van der Waals surface area contributed by atoms with E-state index in [1.54, 1.807) is 6.08 Å². The zero-order valence-corrected chi connectivity index (χ0v) is 42.9. The predicted octanol–water partition coefficient (Wildman–Crippen LogP) is 8.33. The molecule has 0 aromatic rings. The van der Waals surface area contributed by atoms with Crippen LogP contribution in [0.4, 0.5) is 0 Å². The molecule has 2 rings (SSSR count). The molecule has 12 atom stereocenters. The number of rotatable bonds is 44. The van der Waals surface area contributed by atoms with Crippen LogP contribution in [0.2, 0.25) is 0 Å². The van der Waals surface area contributed by atoms with E-state index in [0.29, 0.717) is 6.42 Å². The summed E-state index contributed by atoms with van der Waals surface area (Å²) < 4.78 is 22.7.